The number of nitrogens with zero attached hydrogens (tertiary/aromatic N) is 4. The molecule has 0 radical (unpaired) electrons. The number of aromatic nitrogens is 2. The van der Waals surface area contributed by atoms with Gasteiger partial charge in [-0.25, -0.2) is 13.6 Å². The topological polar surface area (TPSA) is 117 Å². The molecule has 0 spiro atoms. The molecule has 0 unspecified atom stereocenters. The van der Waals surface area contributed by atoms with Gasteiger partial charge < -0.3 is 30.4 Å². The van der Waals surface area contributed by atoms with Gasteiger partial charge in [0.25, 0.3) is 5.91 Å². The molecule has 0 saturated carbocycles. The minimum absolute atomic E-state index is 0.0151. The number of aromatic amines is 1. The van der Waals surface area contributed by atoms with Gasteiger partial charge in [-0.1, -0.05) is 6.07 Å². The maximum absolute atomic E-state index is 13.7. The van der Waals surface area contributed by atoms with Crippen molar-refractivity contribution in [3.05, 3.63) is 82.9 Å². The van der Waals surface area contributed by atoms with E-state index in [1.54, 1.807) is 0 Å². The summed E-state index contributed by atoms with van der Waals surface area (Å²) in [6.45, 7) is 4.50. The highest BCUT2D eigenvalue weighted by atomic mass is 19.1. The van der Waals surface area contributed by atoms with Crippen LogP contribution >= 0.6 is 0 Å². The summed E-state index contributed by atoms with van der Waals surface area (Å²) in [5.41, 5.74) is 4.17. The number of amides is 2. The number of H-pyrrole nitrogens is 1. The van der Waals surface area contributed by atoms with Gasteiger partial charge in [-0.3, -0.25) is 9.89 Å². The molecule has 0 atom stereocenters. The Hall–Kier alpha value is -4.71. The predicted molar refractivity (Wildman–Crippen MR) is 166 cm³/mol. The molecule has 1 aromatic heterocycles. The summed E-state index contributed by atoms with van der Waals surface area (Å²) < 4.78 is 27.5. The molecule has 2 aliphatic rings. The van der Waals surface area contributed by atoms with E-state index in [9.17, 15) is 23.5 Å². The summed E-state index contributed by atoms with van der Waals surface area (Å²) in [4.78, 5) is 31.1. The van der Waals surface area contributed by atoms with Gasteiger partial charge in [0.05, 0.1) is 11.1 Å². The molecule has 6 rings (SSSR count). The quantitative estimate of drug-likeness (QED) is 0.235. The van der Waals surface area contributed by atoms with E-state index < -0.39 is 17.7 Å². The first kappa shape index (κ1) is 29.4. The molecule has 3 aromatic carbocycles. The second kappa shape index (κ2) is 12.5. The van der Waals surface area contributed by atoms with Crippen molar-refractivity contribution in [2.24, 2.45) is 0 Å². The lowest BCUT2D eigenvalue weighted by molar-refractivity contribution is 0.102. The van der Waals surface area contributed by atoms with Crippen LogP contribution in [0.4, 0.5) is 30.8 Å². The standard InChI is InChI=1S/C32H35F2N7O3/c1-39-10-12-40(13-11-39)25-3-4-26(29(19-25)35-24-6-8-41(9-7-24)32(43)44)31(42)36-30-27-17-20(2-5-28(27)37-38-30)14-21-15-22(33)18-23(34)16-21/h2-5,15-19,24,35H,6-14H2,1H3,(H,43,44)(H2,36,37,38,42). The van der Waals surface area contributed by atoms with E-state index in [0.717, 1.165) is 43.5 Å². The minimum atomic E-state index is -0.918. The Kier molecular flexibility index (Phi) is 8.34. The Morgan fingerprint density at radius 3 is 2.36 bits per heavy atom. The highest BCUT2D eigenvalue weighted by Crippen LogP contribution is 2.29. The van der Waals surface area contributed by atoms with Crippen molar-refractivity contribution in [2.45, 2.75) is 25.3 Å². The van der Waals surface area contributed by atoms with Crippen LogP contribution in [-0.2, 0) is 6.42 Å². The molecular formula is C32H35F2N7O3. The molecule has 44 heavy (non-hydrogen) atoms. The third kappa shape index (κ3) is 6.60. The van der Waals surface area contributed by atoms with E-state index in [4.69, 9.17) is 0 Å². The van der Waals surface area contributed by atoms with Crippen molar-refractivity contribution in [2.75, 3.05) is 61.8 Å². The van der Waals surface area contributed by atoms with E-state index in [0.29, 0.717) is 65.9 Å². The molecule has 230 valence electrons. The van der Waals surface area contributed by atoms with Crippen LogP contribution in [0.2, 0.25) is 0 Å². The number of piperazine rings is 1. The molecule has 2 fully saturated rings. The minimum Gasteiger partial charge on any atom is -0.465 e. The van der Waals surface area contributed by atoms with Crippen LogP contribution in [0.15, 0.2) is 54.6 Å². The van der Waals surface area contributed by atoms with Crippen molar-refractivity contribution in [3.63, 3.8) is 0 Å². The summed E-state index contributed by atoms with van der Waals surface area (Å²) >= 11 is 0. The van der Waals surface area contributed by atoms with Crippen LogP contribution in [0.3, 0.4) is 0 Å². The van der Waals surface area contributed by atoms with E-state index >= 15 is 0 Å². The molecule has 0 aliphatic carbocycles. The van der Waals surface area contributed by atoms with Gasteiger partial charge in [0.2, 0.25) is 0 Å². The maximum atomic E-state index is 13.7. The first-order valence-corrected chi connectivity index (χ1v) is 14.8. The number of piperidine rings is 1. The van der Waals surface area contributed by atoms with Crippen LogP contribution in [0.25, 0.3) is 10.9 Å². The number of carbonyl (C=O) groups is 2. The fourth-order valence-corrected chi connectivity index (χ4v) is 5.94. The van der Waals surface area contributed by atoms with Gasteiger partial charge in [-0.05, 0) is 79.9 Å². The molecule has 4 aromatic rings. The van der Waals surface area contributed by atoms with Crippen molar-refractivity contribution in [1.82, 2.24) is 20.0 Å². The molecule has 2 aliphatic heterocycles. The number of rotatable bonds is 7. The number of fused-ring (bicyclic) bond motifs is 1. The van der Waals surface area contributed by atoms with Crippen molar-refractivity contribution in [3.8, 4) is 0 Å². The Bertz CT molecular complexity index is 1660. The number of likely N-dealkylation sites (N-methyl/N-ethyl adjacent to an activating group) is 1. The molecule has 12 heteroatoms. The first-order chi connectivity index (χ1) is 21.2. The lowest BCUT2D eigenvalue weighted by Crippen LogP contribution is -2.44. The van der Waals surface area contributed by atoms with Crippen molar-refractivity contribution >= 4 is 40.1 Å². The lowest BCUT2D eigenvalue weighted by Gasteiger charge is -2.35. The SMILES string of the molecule is CN1CCN(c2ccc(C(=O)Nc3n[nH]c4ccc(Cc5cc(F)cc(F)c5)cc34)c(NC3CCN(C(=O)O)CC3)c2)CC1. The zero-order valence-corrected chi connectivity index (χ0v) is 24.4. The summed E-state index contributed by atoms with van der Waals surface area (Å²) in [6, 6.07) is 14.8. The Morgan fingerprint density at radius 1 is 0.932 bits per heavy atom. The van der Waals surface area contributed by atoms with Crippen molar-refractivity contribution in [1.29, 1.82) is 0 Å². The lowest BCUT2D eigenvalue weighted by atomic mass is 10.0. The fraction of sp³-hybridized carbons (Fsp3) is 0.344. The van der Waals surface area contributed by atoms with Crippen LogP contribution in [0.1, 0.15) is 34.3 Å². The average molecular weight is 604 g/mol. The number of anilines is 3. The monoisotopic (exact) mass is 603 g/mol. The second-order valence-corrected chi connectivity index (χ2v) is 11.6. The molecule has 2 saturated heterocycles. The van der Waals surface area contributed by atoms with Crippen LogP contribution in [0, 0.1) is 11.6 Å². The molecular weight excluding hydrogens is 568 g/mol. The summed E-state index contributed by atoms with van der Waals surface area (Å²) in [5.74, 6) is -1.26. The van der Waals surface area contributed by atoms with E-state index in [-0.39, 0.29) is 11.9 Å². The normalized spacial score (nSPS) is 16.3. The highest BCUT2D eigenvalue weighted by molar-refractivity contribution is 6.11. The zero-order valence-electron chi connectivity index (χ0n) is 24.4. The Labute approximate surface area is 253 Å². The molecule has 3 heterocycles. The van der Waals surface area contributed by atoms with Gasteiger partial charge >= 0.3 is 6.09 Å². The number of nitrogens with one attached hydrogen (secondary N) is 3. The van der Waals surface area contributed by atoms with Gasteiger partial charge in [-0.2, -0.15) is 5.10 Å². The van der Waals surface area contributed by atoms with Gasteiger partial charge in [0.1, 0.15) is 11.6 Å². The van der Waals surface area contributed by atoms with Gasteiger partial charge in [0.15, 0.2) is 5.82 Å². The maximum Gasteiger partial charge on any atom is 0.407 e. The third-order valence-corrected chi connectivity index (χ3v) is 8.43. The smallest absolute Gasteiger partial charge is 0.407 e. The molecule has 2 amide bonds. The first-order valence-electron chi connectivity index (χ1n) is 14.8. The fourth-order valence-electron chi connectivity index (χ4n) is 5.94. The third-order valence-electron chi connectivity index (χ3n) is 8.43. The summed E-state index contributed by atoms with van der Waals surface area (Å²) in [7, 11) is 2.10. The van der Waals surface area contributed by atoms with Crippen LogP contribution in [-0.4, -0.2) is 89.5 Å². The zero-order chi connectivity index (χ0) is 30.8. The number of hydrogen-bond acceptors (Lipinski definition) is 6. The number of halogens is 2. The predicted octanol–water partition coefficient (Wildman–Crippen LogP) is 4.99. The summed E-state index contributed by atoms with van der Waals surface area (Å²) in [5, 5.41) is 23.8. The van der Waals surface area contributed by atoms with Crippen molar-refractivity contribution < 1.29 is 23.5 Å². The number of benzene rings is 3. The number of likely N-dealkylation sites (tertiary alicyclic amines) is 1. The Morgan fingerprint density at radius 2 is 1.66 bits per heavy atom. The highest BCUT2D eigenvalue weighted by Gasteiger charge is 2.25. The molecule has 4 N–H and O–H groups in total. The number of carboxylic acid groups (broad SMARTS) is 1. The van der Waals surface area contributed by atoms with Gasteiger partial charge in [0, 0.05) is 68.1 Å². The number of hydrogen-bond donors (Lipinski definition) is 4. The molecule has 10 nitrogen and oxygen atoms in total. The largest absolute Gasteiger partial charge is 0.465 e. The van der Waals surface area contributed by atoms with Crippen LogP contribution < -0.4 is 15.5 Å². The van der Waals surface area contributed by atoms with E-state index in [1.807, 2.05) is 36.4 Å². The second-order valence-electron chi connectivity index (χ2n) is 11.6. The number of carbonyl (C=O) groups excluding carboxylic acids is 1. The van der Waals surface area contributed by atoms with E-state index in [1.165, 1.54) is 17.0 Å². The van der Waals surface area contributed by atoms with E-state index in [2.05, 4.69) is 37.7 Å². The summed E-state index contributed by atoms with van der Waals surface area (Å²) in [6.07, 6.45) is 0.659. The van der Waals surface area contributed by atoms with Crippen LogP contribution in [0.5, 0.6) is 0 Å². The molecule has 0 bridgehead atoms. The van der Waals surface area contributed by atoms with Gasteiger partial charge in [-0.15, -0.1) is 0 Å². The Balaban J connectivity index is 1.24. The average Bonchev–Trinajstić information content (AvgIpc) is 3.39.